The number of nitrogens with zero attached hydrogens (tertiary/aromatic N) is 4. The Bertz CT molecular complexity index is 641. The number of hydrogen-bond acceptors (Lipinski definition) is 5. The first-order valence-corrected chi connectivity index (χ1v) is 9.72. The Kier molecular flexibility index (Phi) is 5.42. The van der Waals surface area contributed by atoms with Gasteiger partial charge < -0.3 is 14.7 Å². The van der Waals surface area contributed by atoms with Gasteiger partial charge >= 0.3 is 0 Å². The number of nitro groups is 1. The molecule has 0 radical (unpaired) electrons. The van der Waals surface area contributed by atoms with Crippen molar-refractivity contribution in [3.05, 3.63) is 28.3 Å². The maximum atomic E-state index is 11.6. The Hall–Kier alpha value is -1.82. The van der Waals surface area contributed by atoms with E-state index in [1.165, 1.54) is 0 Å². The van der Waals surface area contributed by atoms with E-state index < -0.39 is 0 Å². The van der Waals surface area contributed by atoms with E-state index in [2.05, 4.69) is 42.6 Å². The lowest BCUT2D eigenvalue weighted by atomic mass is 9.82. The Morgan fingerprint density at radius 2 is 1.69 bits per heavy atom. The van der Waals surface area contributed by atoms with Crippen LogP contribution in [0.15, 0.2) is 18.2 Å². The molecule has 3 rings (SSSR count). The molecule has 6 nitrogen and oxygen atoms in total. The SMILES string of the molecule is CN(C)C1CCN(c2ccc([N+](=O)[O-])c(N3CCC(C)(C)CC3)c2)CC1. The van der Waals surface area contributed by atoms with Crippen LogP contribution in [-0.2, 0) is 0 Å². The molecular formula is C20H32N4O2. The van der Waals surface area contributed by atoms with E-state index in [9.17, 15) is 10.1 Å². The van der Waals surface area contributed by atoms with E-state index in [0.29, 0.717) is 11.5 Å². The molecule has 0 N–H and O–H groups in total. The van der Waals surface area contributed by atoms with Crippen molar-refractivity contribution < 1.29 is 4.92 Å². The molecule has 144 valence electrons. The van der Waals surface area contributed by atoms with Crippen LogP contribution < -0.4 is 9.80 Å². The van der Waals surface area contributed by atoms with Gasteiger partial charge in [-0.25, -0.2) is 0 Å². The zero-order chi connectivity index (χ0) is 18.9. The minimum Gasteiger partial charge on any atom is -0.371 e. The van der Waals surface area contributed by atoms with E-state index in [-0.39, 0.29) is 10.6 Å². The molecule has 2 heterocycles. The number of rotatable bonds is 4. The summed E-state index contributed by atoms with van der Waals surface area (Å²) in [6.07, 6.45) is 4.42. The molecule has 0 aromatic heterocycles. The predicted molar refractivity (Wildman–Crippen MR) is 107 cm³/mol. The number of hydrogen-bond donors (Lipinski definition) is 0. The first-order valence-electron chi connectivity index (χ1n) is 9.72. The predicted octanol–water partition coefficient (Wildman–Crippen LogP) is 3.75. The van der Waals surface area contributed by atoms with Crippen LogP contribution in [-0.4, -0.2) is 56.1 Å². The molecule has 0 unspecified atom stereocenters. The van der Waals surface area contributed by atoms with Gasteiger partial charge in [0.05, 0.1) is 4.92 Å². The molecule has 0 amide bonds. The van der Waals surface area contributed by atoms with Gasteiger partial charge in [0.1, 0.15) is 5.69 Å². The summed E-state index contributed by atoms with van der Waals surface area (Å²) >= 11 is 0. The number of piperidine rings is 2. The maximum Gasteiger partial charge on any atom is 0.292 e. The smallest absolute Gasteiger partial charge is 0.292 e. The summed E-state index contributed by atoms with van der Waals surface area (Å²) in [6.45, 7) is 8.36. The van der Waals surface area contributed by atoms with Crippen molar-refractivity contribution in [2.45, 2.75) is 45.6 Å². The van der Waals surface area contributed by atoms with E-state index in [1.54, 1.807) is 6.07 Å². The van der Waals surface area contributed by atoms with Gasteiger partial charge in [0, 0.05) is 44.0 Å². The Morgan fingerprint density at radius 3 is 2.23 bits per heavy atom. The summed E-state index contributed by atoms with van der Waals surface area (Å²) in [5, 5.41) is 11.6. The van der Waals surface area contributed by atoms with Gasteiger partial charge in [-0.15, -0.1) is 0 Å². The molecule has 0 bridgehead atoms. The first-order chi connectivity index (χ1) is 12.3. The monoisotopic (exact) mass is 360 g/mol. The van der Waals surface area contributed by atoms with Gasteiger partial charge in [-0.3, -0.25) is 10.1 Å². The minimum absolute atomic E-state index is 0.233. The molecule has 0 spiro atoms. The molecule has 2 saturated heterocycles. The molecule has 1 aromatic carbocycles. The second kappa shape index (κ2) is 7.43. The van der Waals surface area contributed by atoms with Crippen LogP contribution in [0.3, 0.4) is 0 Å². The molecule has 6 heteroatoms. The molecule has 2 aliphatic rings. The molecule has 1 aromatic rings. The third kappa shape index (κ3) is 4.11. The van der Waals surface area contributed by atoms with Gasteiger partial charge in [-0.1, -0.05) is 13.8 Å². The fraction of sp³-hybridized carbons (Fsp3) is 0.700. The third-order valence-corrected chi connectivity index (χ3v) is 6.17. The van der Waals surface area contributed by atoms with Crippen LogP contribution in [0.2, 0.25) is 0 Å². The topological polar surface area (TPSA) is 52.9 Å². The lowest BCUT2D eigenvalue weighted by Crippen LogP contribution is -2.42. The highest BCUT2D eigenvalue weighted by Gasteiger charge is 2.30. The van der Waals surface area contributed by atoms with Gasteiger partial charge in [-0.05, 0) is 57.3 Å². The highest BCUT2D eigenvalue weighted by atomic mass is 16.6. The van der Waals surface area contributed by atoms with Crippen LogP contribution in [0.25, 0.3) is 0 Å². The molecule has 26 heavy (non-hydrogen) atoms. The second-order valence-electron chi connectivity index (χ2n) is 8.76. The van der Waals surface area contributed by atoms with Crippen molar-refractivity contribution in [1.82, 2.24) is 4.90 Å². The molecule has 0 saturated carbocycles. The van der Waals surface area contributed by atoms with Gasteiger partial charge in [-0.2, -0.15) is 0 Å². The van der Waals surface area contributed by atoms with Crippen molar-refractivity contribution in [2.75, 3.05) is 50.1 Å². The molecule has 0 atom stereocenters. The lowest BCUT2D eigenvalue weighted by molar-refractivity contribution is -0.384. The van der Waals surface area contributed by atoms with E-state index in [4.69, 9.17) is 0 Å². The second-order valence-corrected chi connectivity index (χ2v) is 8.76. The van der Waals surface area contributed by atoms with E-state index >= 15 is 0 Å². The van der Waals surface area contributed by atoms with Gasteiger partial charge in [0.15, 0.2) is 0 Å². The summed E-state index contributed by atoms with van der Waals surface area (Å²) in [6, 6.07) is 6.30. The Labute approximate surface area is 156 Å². The quantitative estimate of drug-likeness (QED) is 0.604. The lowest BCUT2D eigenvalue weighted by Gasteiger charge is -2.39. The highest BCUT2D eigenvalue weighted by molar-refractivity contribution is 5.70. The number of nitro benzene ring substituents is 1. The third-order valence-electron chi connectivity index (χ3n) is 6.17. The summed E-state index contributed by atoms with van der Waals surface area (Å²) < 4.78 is 0. The summed E-state index contributed by atoms with van der Waals surface area (Å²) in [4.78, 5) is 18.2. The fourth-order valence-electron chi connectivity index (χ4n) is 4.11. The summed E-state index contributed by atoms with van der Waals surface area (Å²) in [7, 11) is 4.28. The molecular weight excluding hydrogens is 328 g/mol. The zero-order valence-electron chi connectivity index (χ0n) is 16.6. The Morgan fingerprint density at radius 1 is 1.08 bits per heavy atom. The van der Waals surface area contributed by atoms with Crippen LogP contribution in [0, 0.1) is 15.5 Å². The van der Waals surface area contributed by atoms with Crippen LogP contribution in [0.1, 0.15) is 39.5 Å². The standard InChI is InChI=1S/C20H32N4O2/c1-20(2)9-13-23(14-10-20)19-15-17(5-6-18(19)24(25)26)22-11-7-16(8-12-22)21(3)4/h5-6,15-16H,7-14H2,1-4H3. The van der Waals surface area contributed by atoms with E-state index in [1.807, 2.05) is 12.1 Å². The van der Waals surface area contributed by atoms with Crippen molar-refractivity contribution in [3.63, 3.8) is 0 Å². The fourth-order valence-corrected chi connectivity index (χ4v) is 4.11. The molecule has 2 aliphatic heterocycles. The molecule has 0 aliphatic carbocycles. The molecule has 2 fully saturated rings. The summed E-state index contributed by atoms with van der Waals surface area (Å²) in [5.41, 5.74) is 2.47. The van der Waals surface area contributed by atoms with Gasteiger partial charge in [0.2, 0.25) is 0 Å². The van der Waals surface area contributed by atoms with E-state index in [0.717, 1.165) is 63.2 Å². The van der Waals surface area contributed by atoms with Crippen LogP contribution in [0.5, 0.6) is 0 Å². The number of benzene rings is 1. The zero-order valence-corrected chi connectivity index (χ0v) is 16.6. The van der Waals surface area contributed by atoms with Crippen molar-refractivity contribution in [1.29, 1.82) is 0 Å². The Balaban J connectivity index is 1.80. The van der Waals surface area contributed by atoms with Crippen LogP contribution >= 0.6 is 0 Å². The normalized spacial score (nSPS) is 21.3. The number of anilines is 2. The van der Waals surface area contributed by atoms with Crippen molar-refractivity contribution >= 4 is 17.1 Å². The highest BCUT2D eigenvalue weighted by Crippen LogP contribution is 2.38. The first kappa shape index (κ1) is 19.0. The average molecular weight is 361 g/mol. The largest absolute Gasteiger partial charge is 0.371 e. The van der Waals surface area contributed by atoms with Crippen LogP contribution in [0.4, 0.5) is 17.1 Å². The van der Waals surface area contributed by atoms with Crippen molar-refractivity contribution in [2.24, 2.45) is 5.41 Å². The summed E-state index contributed by atoms with van der Waals surface area (Å²) in [5.74, 6) is 0. The average Bonchev–Trinajstić information content (AvgIpc) is 2.61. The maximum absolute atomic E-state index is 11.6. The van der Waals surface area contributed by atoms with Gasteiger partial charge in [0.25, 0.3) is 5.69 Å². The minimum atomic E-state index is -0.239. The van der Waals surface area contributed by atoms with Crippen molar-refractivity contribution in [3.8, 4) is 0 Å².